The molecule has 1 aromatic rings. The molecular formula is C15H22N2O. The third-order valence-corrected chi connectivity index (χ3v) is 3.76. The molecule has 2 rings (SSSR count). The zero-order valence-corrected chi connectivity index (χ0v) is 11.3. The molecule has 0 radical (unpaired) electrons. The van der Waals surface area contributed by atoms with Crippen LogP contribution in [0.2, 0.25) is 0 Å². The van der Waals surface area contributed by atoms with E-state index in [9.17, 15) is 4.79 Å². The van der Waals surface area contributed by atoms with Crippen LogP contribution in [0.1, 0.15) is 19.4 Å². The molecule has 3 nitrogen and oxygen atoms in total. The van der Waals surface area contributed by atoms with Gasteiger partial charge in [-0.1, -0.05) is 30.3 Å². The van der Waals surface area contributed by atoms with E-state index in [-0.39, 0.29) is 5.91 Å². The molecule has 0 aromatic heterocycles. The van der Waals surface area contributed by atoms with Crippen molar-refractivity contribution in [1.29, 1.82) is 0 Å². The van der Waals surface area contributed by atoms with Crippen molar-refractivity contribution in [1.82, 2.24) is 9.80 Å². The first-order chi connectivity index (χ1) is 8.66. The predicted molar refractivity (Wildman–Crippen MR) is 73.4 cm³/mol. The number of rotatable bonds is 3. The molecule has 1 amide bonds. The van der Waals surface area contributed by atoms with Gasteiger partial charge in [-0.2, -0.15) is 0 Å². The Bertz CT molecular complexity index is 383. The normalized spacial score (nSPS) is 18.7. The minimum atomic E-state index is 0.199. The van der Waals surface area contributed by atoms with Crippen LogP contribution in [0, 0.1) is 0 Å². The van der Waals surface area contributed by atoms with Gasteiger partial charge in [-0.3, -0.25) is 9.69 Å². The van der Waals surface area contributed by atoms with Crippen molar-refractivity contribution < 1.29 is 4.79 Å². The van der Waals surface area contributed by atoms with Crippen molar-refractivity contribution >= 4 is 5.91 Å². The molecule has 0 bridgehead atoms. The van der Waals surface area contributed by atoms with Gasteiger partial charge in [-0.05, 0) is 18.9 Å². The topological polar surface area (TPSA) is 23.6 Å². The van der Waals surface area contributed by atoms with Gasteiger partial charge in [-0.15, -0.1) is 0 Å². The summed E-state index contributed by atoms with van der Waals surface area (Å²) in [6.45, 7) is 7.66. The monoisotopic (exact) mass is 246 g/mol. The van der Waals surface area contributed by atoms with Crippen molar-refractivity contribution in [2.45, 2.75) is 26.3 Å². The Balaban J connectivity index is 1.84. The molecule has 1 aromatic carbocycles. The highest BCUT2D eigenvalue weighted by Gasteiger charge is 2.22. The van der Waals surface area contributed by atoms with Crippen LogP contribution in [0.5, 0.6) is 0 Å². The molecule has 1 aliphatic heterocycles. The fourth-order valence-corrected chi connectivity index (χ4v) is 2.56. The first-order valence-electron chi connectivity index (χ1n) is 6.70. The number of benzene rings is 1. The minimum Gasteiger partial charge on any atom is -0.340 e. The van der Waals surface area contributed by atoms with Crippen LogP contribution in [-0.4, -0.2) is 47.9 Å². The maximum Gasteiger partial charge on any atom is 0.219 e. The van der Waals surface area contributed by atoms with E-state index in [1.165, 1.54) is 5.56 Å². The van der Waals surface area contributed by atoms with Gasteiger partial charge in [0.05, 0.1) is 0 Å². The van der Waals surface area contributed by atoms with Gasteiger partial charge in [0, 0.05) is 39.1 Å². The summed E-state index contributed by atoms with van der Waals surface area (Å²) in [4.78, 5) is 15.7. The number of carbonyl (C=O) groups excluding carboxylic acids is 1. The molecular weight excluding hydrogens is 224 g/mol. The summed E-state index contributed by atoms with van der Waals surface area (Å²) < 4.78 is 0. The van der Waals surface area contributed by atoms with Crippen LogP contribution < -0.4 is 0 Å². The van der Waals surface area contributed by atoms with Crippen LogP contribution in [-0.2, 0) is 11.2 Å². The van der Waals surface area contributed by atoms with Gasteiger partial charge < -0.3 is 4.90 Å². The van der Waals surface area contributed by atoms with E-state index < -0.39 is 0 Å². The maximum atomic E-state index is 11.3. The number of hydrogen-bond acceptors (Lipinski definition) is 2. The Labute approximate surface area is 109 Å². The van der Waals surface area contributed by atoms with Crippen molar-refractivity contribution in [2.75, 3.05) is 26.2 Å². The Hall–Kier alpha value is -1.35. The third-order valence-electron chi connectivity index (χ3n) is 3.76. The predicted octanol–water partition coefficient (Wildman–Crippen LogP) is 1.78. The fraction of sp³-hybridized carbons (Fsp3) is 0.533. The SMILES string of the molecule is CC(=O)N1CCN(C(C)Cc2ccccc2)CC1. The number of carbonyl (C=O) groups is 1. The lowest BCUT2D eigenvalue weighted by Gasteiger charge is -2.37. The first kappa shape index (κ1) is 13.1. The van der Waals surface area contributed by atoms with E-state index in [1.807, 2.05) is 4.90 Å². The standard InChI is InChI=1S/C15H22N2O/c1-13(12-15-6-4-3-5-7-15)16-8-10-17(11-9-16)14(2)18/h3-7,13H,8-12H2,1-2H3. The quantitative estimate of drug-likeness (QED) is 0.811. The van der Waals surface area contributed by atoms with Crippen LogP contribution >= 0.6 is 0 Å². The summed E-state index contributed by atoms with van der Waals surface area (Å²) >= 11 is 0. The molecule has 0 N–H and O–H groups in total. The first-order valence-corrected chi connectivity index (χ1v) is 6.70. The molecule has 3 heteroatoms. The largest absolute Gasteiger partial charge is 0.340 e. The van der Waals surface area contributed by atoms with Crippen molar-refractivity contribution in [3.8, 4) is 0 Å². The van der Waals surface area contributed by atoms with Gasteiger partial charge in [-0.25, -0.2) is 0 Å². The molecule has 1 aliphatic rings. The molecule has 18 heavy (non-hydrogen) atoms. The maximum absolute atomic E-state index is 11.3. The minimum absolute atomic E-state index is 0.199. The Morgan fingerprint density at radius 2 is 1.78 bits per heavy atom. The molecule has 1 saturated heterocycles. The molecule has 1 fully saturated rings. The molecule has 1 heterocycles. The van der Waals surface area contributed by atoms with E-state index in [0.29, 0.717) is 6.04 Å². The van der Waals surface area contributed by atoms with E-state index in [1.54, 1.807) is 6.92 Å². The zero-order valence-electron chi connectivity index (χ0n) is 11.3. The lowest BCUT2D eigenvalue weighted by molar-refractivity contribution is -0.130. The second kappa shape index (κ2) is 6.01. The number of amides is 1. The average molecular weight is 246 g/mol. The number of nitrogens with zero attached hydrogens (tertiary/aromatic N) is 2. The molecule has 0 aliphatic carbocycles. The Morgan fingerprint density at radius 1 is 1.17 bits per heavy atom. The lowest BCUT2D eigenvalue weighted by atomic mass is 10.1. The highest BCUT2D eigenvalue weighted by Crippen LogP contribution is 2.11. The summed E-state index contributed by atoms with van der Waals surface area (Å²) in [7, 11) is 0. The lowest BCUT2D eigenvalue weighted by Crippen LogP contribution is -2.51. The molecule has 1 atom stereocenters. The molecule has 1 unspecified atom stereocenters. The van der Waals surface area contributed by atoms with E-state index in [0.717, 1.165) is 32.6 Å². The molecule has 0 saturated carbocycles. The summed E-state index contributed by atoms with van der Waals surface area (Å²) in [6, 6.07) is 11.2. The summed E-state index contributed by atoms with van der Waals surface area (Å²) in [6.07, 6.45) is 1.08. The van der Waals surface area contributed by atoms with Gasteiger partial charge in [0.2, 0.25) is 5.91 Å². The Morgan fingerprint density at radius 3 is 2.33 bits per heavy atom. The van der Waals surface area contributed by atoms with Crippen molar-refractivity contribution in [2.24, 2.45) is 0 Å². The summed E-state index contributed by atoms with van der Waals surface area (Å²) in [5, 5.41) is 0. The summed E-state index contributed by atoms with van der Waals surface area (Å²) in [5.74, 6) is 0.199. The number of piperazine rings is 1. The van der Waals surface area contributed by atoms with Crippen LogP contribution in [0.15, 0.2) is 30.3 Å². The number of hydrogen-bond donors (Lipinski definition) is 0. The van der Waals surface area contributed by atoms with Gasteiger partial charge in [0.1, 0.15) is 0 Å². The third kappa shape index (κ3) is 3.33. The molecule has 98 valence electrons. The van der Waals surface area contributed by atoms with Gasteiger partial charge in [0.15, 0.2) is 0 Å². The van der Waals surface area contributed by atoms with E-state index in [2.05, 4.69) is 42.2 Å². The van der Waals surface area contributed by atoms with Gasteiger partial charge >= 0.3 is 0 Å². The van der Waals surface area contributed by atoms with Crippen LogP contribution in [0.4, 0.5) is 0 Å². The second-order valence-electron chi connectivity index (χ2n) is 5.08. The highest BCUT2D eigenvalue weighted by molar-refractivity contribution is 5.73. The molecule has 0 spiro atoms. The second-order valence-corrected chi connectivity index (χ2v) is 5.08. The van der Waals surface area contributed by atoms with Crippen molar-refractivity contribution in [3.63, 3.8) is 0 Å². The zero-order chi connectivity index (χ0) is 13.0. The fourth-order valence-electron chi connectivity index (χ4n) is 2.56. The van der Waals surface area contributed by atoms with E-state index >= 15 is 0 Å². The van der Waals surface area contributed by atoms with E-state index in [4.69, 9.17) is 0 Å². The summed E-state index contributed by atoms with van der Waals surface area (Å²) in [5.41, 5.74) is 1.39. The highest BCUT2D eigenvalue weighted by atomic mass is 16.2. The smallest absolute Gasteiger partial charge is 0.219 e. The van der Waals surface area contributed by atoms with Crippen LogP contribution in [0.3, 0.4) is 0 Å². The average Bonchev–Trinajstić information content (AvgIpc) is 2.40. The van der Waals surface area contributed by atoms with Crippen LogP contribution in [0.25, 0.3) is 0 Å². The van der Waals surface area contributed by atoms with Crippen molar-refractivity contribution in [3.05, 3.63) is 35.9 Å². The Kier molecular flexibility index (Phi) is 4.37. The van der Waals surface area contributed by atoms with Gasteiger partial charge in [0.25, 0.3) is 0 Å².